The van der Waals surface area contributed by atoms with Gasteiger partial charge in [0.15, 0.2) is 0 Å². The topological polar surface area (TPSA) is 55.5 Å². The molecule has 98 valence electrons. The largest absolute Gasteiger partial charge is 0.429 e. The Kier molecular flexibility index (Phi) is 4.41. The van der Waals surface area contributed by atoms with Crippen LogP contribution in [0.1, 0.15) is 18.9 Å². The Balaban J connectivity index is 2.79. The fraction of sp³-hybridized carbons (Fsp3) is 0.364. The summed E-state index contributed by atoms with van der Waals surface area (Å²) in [5.74, 6) is 0. The zero-order valence-electron chi connectivity index (χ0n) is 9.57. The molecule has 1 rings (SSSR count). The van der Waals surface area contributed by atoms with Gasteiger partial charge < -0.3 is 0 Å². The van der Waals surface area contributed by atoms with Crippen LogP contribution in [0.3, 0.4) is 0 Å². The molecule has 0 N–H and O–H groups in total. The van der Waals surface area contributed by atoms with Crippen molar-refractivity contribution in [1.29, 1.82) is 0 Å². The standard InChI is InChI=1S/C11H11F3N2O2/c1-2-10(11(12,13)14)15-7-8-3-5-9(6-4-8)16(17)18/h3-6H,2,7H2,1H3. The minimum atomic E-state index is -4.42. The average molecular weight is 260 g/mol. The zero-order valence-corrected chi connectivity index (χ0v) is 9.57. The summed E-state index contributed by atoms with van der Waals surface area (Å²) in [5, 5.41) is 10.4. The maximum absolute atomic E-state index is 12.4. The van der Waals surface area contributed by atoms with E-state index in [1.54, 1.807) is 0 Å². The summed E-state index contributed by atoms with van der Waals surface area (Å²) in [6.07, 6.45) is -4.62. The number of rotatable bonds is 4. The Morgan fingerprint density at radius 2 is 1.89 bits per heavy atom. The van der Waals surface area contributed by atoms with Crippen molar-refractivity contribution in [2.45, 2.75) is 26.1 Å². The molecule has 0 aromatic heterocycles. The lowest BCUT2D eigenvalue weighted by Gasteiger charge is -2.08. The predicted molar refractivity (Wildman–Crippen MR) is 60.6 cm³/mol. The molecule has 18 heavy (non-hydrogen) atoms. The second-order valence-electron chi connectivity index (χ2n) is 3.54. The molecular formula is C11H11F3N2O2. The summed E-state index contributed by atoms with van der Waals surface area (Å²) < 4.78 is 37.1. The van der Waals surface area contributed by atoms with Gasteiger partial charge in [-0.15, -0.1) is 0 Å². The molecule has 0 radical (unpaired) electrons. The van der Waals surface area contributed by atoms with Gasteiger partial charge in [0.1, 0.15) is 5.71 Å². The molecule has 0 atom stereocenters. The number of halogens is 3. The maximum atomic E-state index is 12.4. The van der Waals surface area contributed by atoms with E-state index in [0.29, 0.717) is 5.56 Å². The molecule has 7 heteroatoms. The lowest BCUT2D eigenvalue weighted by molar-refractivity contribution is -0.384. The van der Waals surface area contributed by atoms with Gasteiger partial charge >= 0.3 is 6.18 Å². The predicted octanol–water partition coefficient (Wildman–Crippen LogP) is 3.51. The molecule has 1 aromatic carbocycles. The van der Waals surface area contributed by atoms with Crippen LogP contribution in [0.25, 0.3) is 0 Å². The summed E-state index contributed by atoms with van der Waals surface area (Å²) in [6.45, 7) is 1.24. The highest BCUT2D eigenvalue weighted by Gasteiger charge is 2.33. The van der Waals surface area contributed by atoms with Crippen molar-refractivity contribution in [3.63, 3.8) is 0 Å². The van der Waals surface area contributed by atoms with E-state index in [1.165, 1.54) is 31.2 Å². The van der Waals surface area contributed by atoms with Gasteiger partial charge in [0.05, 0.1) is 11.5 Å². The Labute approximate surface area is 101 Å². The molecule has 0 unspecified atom stereocenters. The van der Waals surface area contributed by atoms with Crippen LogP contribution in [0.5, 0.6) is 0 Å². The quantitative estimate of drug-likeness (QED) is 0.472. The van der Waals surface area contributed by atoms with Crippen molar-refractivity contribution in [3.05, 3.63) is 39.9 Å². The SMILES string of the molecule is CCC(=NCc1ccc([N+](=O)[O-])cc1)C(F)(F)F. The van der Waals surface area contributed by atoms with Crippen LogP contribution >= 0.6 is 0 Å². The number of nitrogens with zero attached hydrogens (tertiary/aromatic N) is 2. The number of benzene rings is 1. The van der Waals surface area contributed by atoms with Gasteiger partial charge in [0.25, 0.3) is 5.69 Å². The number of hydrogen-bond donors (Lipinski definition) is 0. The first kappa shape index (κ1) is 14.1. The number of aliphatic imine (C=N–C) groups is 1. The van der Waals surface area contributed by atoms with E-state index in [9.17, 15) is 23.3 Å². The summed E-state index contributed by atoms with van der Waals surface area (Å²) in [6, 6.07) is 5.27. The molecule has 1 aromatic rings. The first-order valence-electron chi connectivity index (χ1n) is 5.18. The minimum absolute atomic E-state index is 0.103. The van der Waals surface area contributed by atoms with Crippen molar-refractivity contribution < 1.29 is 18.1 Å². The van der Waals surface area contributed by atoms with Crippen molar-refractivity contribution in [3.8, 4) is 0 Å². The number of alkyl halides is 3. The molecular weight excluding hydrogens is 249 g/mol. The molecule has 4 nitrogen and oxygen atoms in total. The Bertz CT molecular complexity index is 452. The highest BCUT2D eigenvalue weighted by molar-refractivity contribution is 5.89. The highest BCUT2D eigenvalue weighted by Crippen LogP contribution is 2.20. The van der Waals surface area contributed by atoms with Crippen molar-refractivity contribution >= 4 is 11.4 Å². The average Bonchev–Trinajstić information content (AvgIpc) is 2.28. The third kappa shape index (κ3) is 3.83. The van der Waals surface area contributed by atoms with Gasteiger partial charge in [-0.2, -0.15) is 13.2 Å². The lowest BCUT2D eigenvalue weighted by Crippen LogP contribution is -2.22. The summed E-state index contributed by atoms with van der Waals surface area (Å²) in [5.41, 5.74) is -0.439. The third-order valence-corrected chi connectivity index (χ3v) is 2.26. The van der Waals surface area contributed by atoms with Gasteiger partial charge in [0, 0.05) is 12.1 Å². The monoisotopic (exact) mass is 260 g/mol. The molecule has 0 fully saturated rings. The van der Waals surface area contributed by atoms with Crippen LogP contribution in [-0.4, -0.2) is 16.8 Å². The normalized spacial score (nSPS) is 12.6. The van der Waals surface area contributed by atoms with Crippen molar-refractivity contribution in [2.24, 2.45) is 4.99 Å². The number of hydrogen-bond acceptors (Lipinski definition) is 3. The van der Waals surface area contributed by atoms with E-state index in [4.69, 9.17) is 0 Å². The van der Waals surface area contributed by atoms with Crippen LogP contribution < -0.4 is 0 Å². The van der Waals surface area contributed by atoms with Crippen LogP contribution in [0.15, 0.2) is 29.3 Å². The first-order valence-corrected chi connectivity index (χ1v) is 5.18. The van der Waals surface area contributed by atoms with E-state index in [-0.39, 0.29) is 18.7 Å². The zero-order chi connectivity index (χ0) is 13.8. The fourth-order valence-corrected chi connectivity index (χ4v) is 1.31. The van der Waals surface area contributed by atoms with Gasteiger partial charge in [0.2, 0.25) is 0 Å². The van der Waals surface area contributed by atoms with E-state index in [2.05, 4.69) is 4.99 Å². The Hall–Kier alpha value is -1.92. The number of nitro groups is 1. The van der Waals surface area contributed by atoms with Crippen LogP contribution in [0, 0.1) is 10.1 Å². The maximum Gasteiger partial charge on any atom is 0.429 e. The van der Waals surface area contributed by atoms with Crippen LogP contribution in [-0.2, 0) is 6.54 Å². The summed E-state index contributed by atoms with van der Waals surface area (Å²) in [7, 11) is 0. The van der Waals surface area contributed by atoms with Crippen LogP contribution in [0.2, 0.25) is 0 Å². The van der Waals surface area contributed by atoms with E-state index in [1.807, 2.05) is 0 Å². The molecule has 0 aliphatic rings. The van der Waals surface area contributed by atoms with E-state index >= 15 is 0 Å². The van der Waals surface area contributed by atoms with E-state index < -0.39 is 16.8 Å². The lowest BCUT2D eigenvalue weighted by atomic mass is 10.2. The molecule has 0 saturated carbocycles. The third-order valence-electron chi connectivity index (χ3n) is 2.26. The van der Waals surface area contributed by atoms with E-state index in [0.717, 1.165) is 0 Å². The summed E-state index contributed by atoms with van der Waals surface area (Å²) >= 11 is 0. The fourth-order valence-electron chi connectivity index (χ4n) is 1.31. The minimum Gasteiger partial charge on any atom is -0.280 e. The summed E-state index contributed by atoms with van der Waals surface area (Å²) in [4.78, 5) is 13.3. The second kappa shape index (κ2) is 5.61. The van der Waals surface area contributed by atoms with Gasteiger partial charge in [-0.05, 0) is 12.0 Å². The smallest absolute Gasteiger partial charge is 0.280 e. The highest BCUT2D eigenvalue weighted by atomic mass is 19.4. The van der Waals surface area contributed by atoms with Crippen molar-refractivity contribution in [2.75, 3.05) is 0 Å². The number of non-ortho nitro benzene ring substituents is 1. The molecule has 0 bridgehead atoms. The molecule has 0 spiro atoms. The number of nitro benzene ring substituents is 1. The molecule has 0 aliphatic heterocycles. The Morgan fingerprint density at radius 1 is 1.33 bits per heavy atom. The second-order valence-corrected chi connectivity index (χ2v) is 3.54. The Morgan fingerprint density at radius 3 is 2.28 bits per heavy atom. The molecule has 0 heterocycles. The van der Waals surface area contributed by atoms with Gasteiger partial charge in [-0.3, -0.25) is 15.1 Å². The van der Waals surface area contributed by atoms with Crippen molar-refractivity contribution in [1.82, 2.24) is 0 Å². The van der Waals surface area contributed by atoms with Gasteiger partial charge in [-0.25, -0.2) is 0 Å². The first-order chi connectivity index (χ1) is 8.34. The molecule has 0 amide bonds. The van der Waals surface area contributed by atoms with Crippen LogP contribution in [0.4, 0.5) is 18.9 Å². The molecule has 0 saturated heterocycles. The molecule has 0 aliphatic carbocycles. The van der Waals surface area contributed by atoms with Gasteiger partial charge in [-0.1, -0.05) is 19.1 Å².